The number of rotatable bonds is 7. The maximum absolute atomic E-state index is 11.9. The Kier molecular flexibility index (Phi) is 5.24. The molecule has 108 valence electrons. The number of hydrogen-bond donors (Lipinski definition) is 3. The molecular formula is C11H15BrN6O2. The third-order valence-corrected chi connectivity index (χ3v) is 3.43. The molecule has 0 saturated heterocycles. The molecule has 0 spiro atoms. The first-order valence-corrected chi connectivity index (χ1v) is 6.96. The van der Waals surface area contributed by atoms with E-state index >= 15 is 0 Å². The molecule has 0 radical (unpaired) electrons. The zero-order valence-electron chi connectivity index (χ0n) is 10.7. The van der Waals surface area contributed by atoms with E-state index < -0.39 is 0 Å². The lowest BCUT2D eigenvalue weighted by Crippen LogP contribution is -2.26. The van der Waals surface area contributed by atoms with Crippen molar-refractivity contribution in [1.29, 1.82) is 0 Å². The van der Waals surface area contributed by atoms with E-state index in [-0.39, 0.29) is 18.7 Å². The van der Waals surface area contributed by atoms with Crippen LogP contribution in [0.1, 0.15) is 12.2 Å². The molecule has 0 amide bonds. The summed E-state index contributed by atoms with van der Waals surface area (Å²) in [5, 5.41) is 22.5. The highest BCUT2D eigenvalue weighted by atomic mass is 79.9. The van der Waals surface area contributed by atoms with Crippen LogP contribution in [0.5, 0.6) is 0 Å². The van der Waals surface area contributed by atoms with Gasteiger partial charge in [-0.1, -0.05) is 0 Å². The van der Waals surface area contributed by atoms with Gasteiger partial charge in [-0.25, -0.2) is 9.67 Å². The van der Waals surface area contributed by atoms with E-state index in [4.69, 9.17) is 5.11 Å². The number of nitrogens with one attached hydrogen (secondary N) is 2. The molecule has 0 bridgehead atoms. The Hall–Kier alpha value is -1.74. The average molecular weight is 343 g/mol. The fourth-order valence-electron chi connectivity index (χ4n) is 1.67. The van der Waals surface area contributed by atoms with E-state index in [2.05, 4.69) is 41.5 Å². The molecule has 0 aliphatic carbocycles. The van der Waals surface area contributed by atoms with Crippen LogP contribution in [0.15, 0.2) is 21.8 Å². The second kappa shape index (κ2) is 7.15. The van der Waals surface area contributed by atoms with Crippen LogP contribution in [0, 0.1) is 0 Å². The van der Waals surface area contributed by atoms with Gasteiger partial charge in [-0.3, -0.25) is 9.89 Å². The lowest BCUT2D eigenvalue weighted by Gasteiger charge is -2.09. The lowest BCUT2D eigenvalue weighted by atomic mass is 10.3. The third-order valence-electron chi connectivity index (χ3n) is 2.67. The minimum atomic E-state index is -0.265. The monoisotopic (exact) mass is 342 g/mol. The van der Waals surface area contributed by atoms with Gasteiger partial charge in [0.2, 0.25) is 0 Å². The Balaban J connectivity index is 1.89. The van der Waals surface area contributed by atoms with Gasteiger partial charge in [0, 0.05) is 13.0 Å². The van der Waals surface area contributed by atoms with E-state index in [1.807, 2.05) is 0 Å². The molecule has 9 heteroatoms. The Labute approximate surface area is 123 Å². The molecule has 8 nitrogen and oxygen atoms in total. The molecule has 0 unspecified atom stereocenters. The van der Waals surface area contributed by atoms with Crippen LogP contribution >= 0.6 is 15.9 Å². The SMILES string of the molecule is O=c1c(Br)c(NCCCc2ncn[nH]2)cnn1CCO. The van der Waals surface area contributed by atoms with Crippen molar-refractivity contribution in [1.82, 2.24) is 25.0 Å². The molecule has 2 aromatic heterocycles. The number of nitrogens with zero attached hydrogens (tertiary/aromatic N) is 4. The lowest BCUT2D eigenvalue weighted by molar-refractivity contribution is 0.266. The maximum atomic E-state index is 11.9. The summed E-state index contributed by atoms with van der Waals surface area (Å²) in [7, 11) is 0. The first-order valence-electron chi connectivity index (χ1n) is 6.17. The van der Waals surface area contributed by atoms with Gasteiger partial charge in [-0.2, -0.15) is 10.2 Å². The van der Waals surface area contributed by atoms with Crippen molar-refractivity contribution in [2.75, 3.05) is 18.5 Å². The van der Waals surface area contributed by atoms with E-state index in [0.29, 0.717) is 16.7 Å². The Bertz CT molecular complexity index is 597. The van der Waals surface area contributed by atoms with Crippen LogP contribution in [0.4, 0.5) is 5.69 Å². The number of aromatic amines is 1. The third kappa shape index (κ3) is 3.64. The number of halogens is 1. The highest BCUT2D eigenvalue weighted by molar-refractivity contribution is 9.10. The molecule has 0 aliphatic heterocycles. The van der Waals surface area contributed by atoms with Crippen LogP contribution in [0.25, 0.3) is 0 Å². The summed E-state index contributed by atoms with van der Waals surface area (Å²) in [6.07, 6.45) is 4.67. The molecule has 0 saturated carbocycles. The second-order valence-corrected chi connectivity index (χ2v) is 4.88. The molecule has 3 N–H and O–H groups in total. The smallest absolute Gasteiger partial charge is 0.283 e. The fourth-order valence-corrected chi connectivity index (χ4v) is 2.12. The standard InChI is InChI=1S/C11H15BrN6O2/c12-10-8(6-16-18(4-5-19)11(10)20)13-3-1-2-9-14-7-15-17-9/h6-7,13,19H,1-5H2,(H,14,15,17). The number of aromatic nitrogens is 5. The molecule has 2 aromatic rings. The summed E-state index contributed by atoms with van der Waals surface area (Å²) in [5.74, 6) is 0.836. The molecule has 0 fully saturated rings. The molecule has 0 aliphatic rings. The molecule has 0 aromatic carbocycles. The van der Waals surface area contributed by atoms with E-state index in [1.54, 1.807) is 6.20 Å². The average Bonchev–Trinajstić information content (AvgIpc) is 2.95. The van der Waals surface area contributed by atoms with Crippen molar-refractivity contribution in [3.8, 4) is 0 Å². The van der Waals surface area contributed by atoms with Crippen LogP contribution in [-0.2, 0) is 13.0 Å². The normalized spacial score (nSPS) is 10.7. The minimum Gasteiger partial charge on any atom is -0.394 e. The van der Waals surface area contributed by atoms with Crippen molar-refractivity contribution < 1.29 is 5.11 Å². The summed E-state index contributed by atoms with van der Waals surface area (Å²) >= 11 is 3.25. The Morgan fingerprint density at radius 2 is 2.35 bits per heavy atom. The number of H-pyrrole nitrogens is 1. The zero-order chi connectivity index (χ0) is 14.4. The zero-order valence-corrected chi connectivity index (χ0v) is 12.3. The van der Waals surface area contributed by atoms with Crippen molar-refractivity contribution in [2.24, 2.45) is 0 Å². The number of aliphatic hydroxyl groups excluding tert-OH is 1. The topological polar surface area (TPSA) is 109 Å². The summed E-state index contributed by atoms with van der Waals surface area (Å²) in [4.78, 5) is 15.9. The van der Waals surface area contributed by atoms with Crippen LogP contribution in [0.3, 0.4) is 0 Å². The van der Waals surface area contributed by atoms with Gasteiger partial charge in [0.25, 0.3) is 5.56 Å². The minimum absolute atomic E-state index is 0.122. The highest BCUT2D eigenvalue weighted by Crippen LogP contribution is 2.15. The van der Waals surface area contributed by atoms with Crippen molar-refractivity contribution in [3.05, 3.63) is 33.2 Å². The van der Waals surface area contributed by atoms with E-state index in [0.717, 1.165) is 18.7 Å². The van der Waals surface area contributed by atoms with Crippen LogP contribution < -0.4 is 10.9 Å². The van der Waals surface area contributed by atoms with Gasteiger partial charge in [0.05, 0.1) is 25.0 Å². The van der Waals surface area contributed by atoms with Gasteiger partial charge >= 0.3 is 0 Å². The van der Waals surface area contributed by atoms with E-state index in [9.17, 15) is 4.79 Å². The van der Waals surface area contributed by atoms with Gasteiger partial charge in [-0.15, -0.1) is 0 Å². The molecule has 2 heterocycles. The van der Waals surface area contributed by atoms with Crippen molar-refractivity contribution >= 4 is 21.6 Å². The first-order chi connectivity index (χ1) is 9.72. The van der Waals surface area contributed by atoms with E-state index in [1.165, 1.54) is 11.0 Å². The fraction of sp³-hybridized carbons (Fsp3) is 0.455. The molecule has 2 rings (SSSR count). The summed E-state index contributed by atoms with van der Waals surface area (Å²) < 4.78 is 1.63. The van der Waals surface area contributed by atoms with Gasteiger partial charge < -0.3 is 10.4 Å². The van der Waals surface area contributed by atoms with Crippen LogP contribution in [0.2, 0.25) is 0 Å². The second-order valence-electron chi connectivity index (χ2n) is 4.09. The predicted octanol–water partition coefficient (Wildman–Crippen LogP) is 0.161. The van der Waals surface area contributed by atoms with Gasteiger partial charge in [0.1, 0.15) is 16.6 Å². The Morgan fingerprint density at radius 3 is 3.05 bits per heavy atom. The van der Waals surface area contributed by atoms with Gasteiger partial charge in [-0.05, 0) is 22.4 Å². The summed E-state index contributed by atoms with van der Waals surface area (Å²) in [6.45, 7) is 0.747. The first kappa shape index (κ1) is 14.7. The number of aryl methyl sites for hydroxylation is 1. The van der Waals surface area contributed by atoms with Gasteiger partial charge in [0.15, 0.2) is 0 Å². The molecule has 20 heavy (non-hydrogen) atoms. The number of anilines is 1. The maximum Gasteiger partial charge on any atom is 0.283 e. The number of aliphatic hydroxyl groups is 1. The molecular weight excluding hydrogens is 328 g/mol. The quantitative estimate of drug-likeness (QED) is 0.618. The summed E-state index contributed by atoms with van der Waals surface area (Å²) in [5.41, 5.74) is 0.376. The van der Waals surface area contributed by atoms with Crippen LogP contribution in [-0.4, -0.2) is 43.2 Å². The van der Waals surface area contributed by atoms with Crippen molar-refractivity contribution in [3.63, 3.8) is 0 Å². The highest BCUT2D eigenvalue weighted by Gasteiger charge is 2.08. The number of hydrogen-bond acceptors (Lipinski definition) is 6. The summed E-state index contributed by atoms with van der Waals surface area (Å²) in [6, 6.07) is 0. The van der Waals surface area contributed by atoms with Crippen molar-refractivity contribution in [2.45, 2.75) is 19.4 Å². The predicted molar refractivity (Wildman–Crippen MR) is 76.5 cm³/mol. The molecule has 0 atom stereocenters. The largest absolute Gasteiger partial charge is 0.394 e. The Morgan fingerprint density at radius 1 is 1.50 bits per heavy atom.